The van der Waals surface area contributed by atoms with Crippen LogP contribution < -0.4 is 10.6 Å². The predicted molar refractivity (Wildman–Crippen MR) is 140 cm³/mol. The van der Waals surface area contributed by atoms with Gasteiger partial charge in [-0.05, 0) is 46.9 Å². The van der Waals surface area contributed by atoms with Crippen molar-refractivity contribution >= 4 is 28.6 Å². The molecule has 0 unspecified atom stereocenters. The quantitative estimate of drug-likeness (QED) is 0.377. The van der Waals surface area contributed by atoms with Crippen LogP contribution in [0.5, 0.6) is 0 Å². The predicted octanol–water partition coefficient (Wildman–Crippen LogP) is 5.15. The minimum Gasteiger partial charge on any atom is -0.348 e. The number of hydrogen-bond donors (Lipinski definition) is 2. The van der Waals surface area contributed by atoms with Gasteiger partial charge in [-0.25, -0.2) is 4.79 Å². The van der Waals surface area contributed by atoms with Crippen LogP contribution in [0.3, 0.4) is 0 Å². The van der Waals surface area contributed by atoms with E-state index in [4.69, 9.17) is 0 Å². The van der Waals surface area contributed by atoms with E-state index in [-0.39, 0.29) is 12.6 Å². The number of nitrogens with one attached hydrogen (secondary N) is 2. The Morgan fingerprint density at radius 2 is 1.50 bits per heavy atom. The molecular weight excluding hydrogens is 450 g/mol. The first-order chi connectivity index (χ1) is 17.4. The third-order valence-corrected chi connectivity index (χ3v) is 6.80. The van der Waals surface area contributed by atoms with Crippen molar-refractivity contribution in [3.63, 3.8) is 0 Å². The third kappa shape index (κ3) is 4.22. The number of amides is 4. The largest absolute Gasteiger partial charge is 0.348 e. The maximum Gasteiger partial charge on any atom is 0.325 e. The number of rotatable bonds is 6. The van der Waals surface area contributed by atoms with Crippen LogP contribution in [0.1, 0.15) is 31.0 Å². The highest BCUT2D eigenvalue weighted by molar-refractivity contribution is 6.10. The van der Waals surface area contributed by atoms with Crippen LogP contribution in [0.25, 0.3) is 21.9 Å². The summed E-state index contributed by atoms with van der Waals surface area (Å²) in [5.41, 5.74) is 2.59. The molecule has 6 heteroatoms. The van der Waals surface area contributed by atoms with E-state index in [1.165, 1.54) is 0 Å². The van der Waals surface area contributed by atoms with Crippen molar-refractivity contribution in [1.82, 2.24) is 15.5 Å². The standard InChI is InChI=1S/C30H27N3O3/c1-20(21-15-17-23(18-16-21)22-9-4-3-5-10-22)31-27(34)19-33-28(35)30(2,32-29(33)36)26-14-8-12-24-11-6-7-13-25(24)26/h3-18,20H,19H2,1-2H3,(H,31,34)(H,32,36)/t20-,30-/m0/s1. The number of benzene rings is 4. The number of imide groups is 1. The smallest absolute Gasteiger partial charge is 0.325 e. The lowest BCUT2D eigenvalue weighted by Crippen LogP contribution is -2.43. The van der Waals surface area contributed by atoms with Gasteiger partial charge in [0.25, 0.3) is 5.91 Å². The van der Waals surface area contributed by atoms with Crippen LogP contribution in [-0.2, 0) is 15.1 Å². The van der Waals surface area contributed by atoms with Gasteiger partial charge in [-0.1, -0.05) is 97.1 Å². The van der Waals surface area contributed by atoms with Gasteiger partial charge < -0.3 is 10.6 Å². The Morgan fingerprint density at radius 3 is 2.25 bits per heavy atom. The molecule has 180 valence electrons. The number of fused-ring (bicyclic) bond motifs is 1. The zero-order chi connectivity index (χ0) is 25.3. The first-order valence-corrected chi connectivity index (χ1v) is 11.9. The Bertz CT molecular complexity index is 1440. The third-order valence-electron chi connectivity index (χ3n) is 6.80. The van der Waals surface area contributed by atoms with Crippen molar-refractivity contribution < 1.29 is 14.4 Å². The molecule has 1 aliphatic rings. The average molecular weight is 478 g/mol. The zero-order valence-electron chi connectivity index (χ0n) is 20.2. The summed E-state index contributed by atoms with van der Waals surface area (Å²) in [6.07, 6.45) is 0. The molecule has 6 nitrogen and oxygen atoms in total. The molecule has 1 fully saturated rings. The van der Waals surface area contributed by atoms with Gasteiger partial charge in [0.1, 0.15) is 12.1 Å². The van der Waals surface area contributed by atoms with E-state index in [1.807, 2.05) is 104 Å². The van der Waals surface area contributed by atoms with E-state index in [1.54, 1.807) is 6.92 Å². The van der Waals surface area contributed by atoms with E-state index >= 15 is 0 Å². The maximum absolute atomic E-state index is 13.4. The first-order valence-electron chi connectivity index (χ1n) is 11.9. The molecule has 1 aliphatic heterocycles. The van der Waals surface area contributed by atoms with Gasteiger partial charge in [0, 0.05) is 0 Å². The van der Waals surface area contributed by atoms with Gasteiger partial charge in [-0.15, -0.1) is 0 Å². The Balaban J connectivity index is 1.28. The minimum absolute atomic E-state index is 0.285. The van der Waals surface area contributed by atoms with Crippen LogP contribution in [0, 0.1) is 0 Å². The molecule has 1 saturated heterocycles. The fraction of sp³-hybridized carbons (Fsp3) is 0.167. The van der Waals surface area contributed by atoms with Crippen molar-refractivity contribution in [2.24, 2.45) is 0 Å². The summed E-state index contributed by atoms with van der Waals surface area (Å²) in [6.45, 7) is 3.21. The molecule has 4 amide bonds. The summed E-state index contributed by atoms with van der Waals surface area (Å²) < 4.78 is 0. The molecule has 1 heterocycles. The summed E-state index contributed by atoms with van der Waals surface area (Å²) >= 11 is 0. The highest BCUT2D eigenvalue weighted by atomic mass is 16.2. The lowest BCUT2D eigenvalue weighted by Gasteiger charge is -2.24. The van der Waals surface area contributed by atoms with Crippen molar-refractivity contribution in [3.05, 3.63) is 108 Å². The molecule has 5 rings (SSSR count). The molecule has 0 aromatic heterocycles. The highest BCUT2D eigenvalue weighted by Gasteiger charge is 2.50. The molecule has 0 saturated carbocycles. The van der Waals surface area contributed by atoms with E-state index in [0.29, 0.717) is 5.56 Å². The molecule has 2 atom stereocenters. The van der Waals surface area contributed by atoms with E-state index in [0.717, 1.165) is 32.4 Å². The molecule has 2 N–H and O–H groups in total. The molecule has 4 aromatic carbocycles. The second-order valence-corrected chi connectivity index (χ2v) is 9.25. The van der Waals surface area contributed by atoms with Gasteiger partial charge in [0.05, 0.1) is 6.04 Å². The SMILES string of the molecule is C[C@H](NC(=O)CN1C(=O)N[C@@](C)(c2cccc3ccccc23)C1=O)c1ccc(-c2ccccc2)cc1. The summed E-state index contributed by atoms with van der Waals surface area (Å²) in [5, 5.41) is 7.57. The van der Waals surface area contributed by atoms with Crippen molar-refractivity contribution in [3.8, 4) is 11.1 Å². The lowest BCUT2D eigenvalue weighted by molar-refractivity contribution is -0.135. The number of carbonyl (C=O) groups excluding carboxylic acids is 3. The van der Waals surface area contributed by atoms with Gasteiger partial charge in [-0.3, -0.25) is 14.5 Å². The molecule has 0 bridgehead atoms. The summed E-state index contributed by atoms with van der Waals surface area (Å²) in [7, 11) is 0. The van der Waals surface area contributed by atoms with Gasteiger partial charge in [0.2, 0.25) is 5.91 Å². The molecule has 36 heavy (non-hydrogen) atoms. The number of carbonyl (C=O) groups is 3. The second-order valence-electron chi connectivity index (χ2n) is 9.25. The number of nitrogens with zero attached hydrogens (tertiary/aromatic N) is 1. The molecule has 0 aliphatic carbocycles. The van der Waals surface area contributed by atoms with E-state index < -0.39 is 23.4 Å². The molecule has 4 aromatic rings. The fourth-order valence-electron chi connectivity index (χ4n) is 4.79. The Morgan fingerprint density at radius 1 is 0.861 bits per heavy atom. The maximum atomic E-state index is 13.4. The van der Waals surface area contributed by atoms with Crippen LogP contribution in [0.15, 0.2) is 97.1 Å². The van der Waals surface area contributed by atoms with Crippen molar-refractivity contribution in [2.75, 3.05) is 6.54 Å². The Hall–Kier alpha value is -4.45. The lowest BCUT2D eigenvalue weighted by atomic mass is 9.88. The topological polar surface area (TPSA) is 78.5 Å². The average Bonchev–Trinajstić information content (AvgIpc) is 3.12. The van der Waals surface area contributed by atoms with Gasteiger partial charge >= 0.3 is 6.03 Å². The monoisotopic (exact) mass is 477 g/mol. The zero-order valence-corrected chi connectivity index (χ0v) is 20.2. The number of urea groups is 1. The van der Waals surface area contributed by atoms with Crippen LogP contribution in [-0.4, -0.2) is 29.3 Å². The summed E-state index contributed by atoms with van der Waals surface area (Å²) in [6, 6.07) is 30.5. The minimum atomic E-state index is -1.25. The second kappa shape index (κ2) is 9.30. The highest BCUT2D eigenvalue weighted by Crippen LogP contribution is 2.33. The fourth-order valence-corrected chi connectivity index (χ4v) is 4.79. The Kier molecular flexibility index (Phi) is 6.02. The van der Waals surface area contributed by atoms with Crippen molar-refractivity contribution in [1.29, 1.82) is 0 Å². The van der Waals surface area contributed by atoms with Crippen LogP contribution in [0.2, 0.25) is 0 Å². The first kappa shape index (κ1) is 23.3. The van der Waals surface area contributed by atoms with E-state index in [9.17, 15) is 14.4 Å². The van der Waals surface area contributed by atoms with Crippen LogP contribution >= 0.6 is 0 Å². The normalized spacial score (nSPS) is 18.2. The van der Waals surface area contributed by atoms with Gasteiger partial charge in [-0.2, -0.15) is 0 Å². The van der Waals surface area contributed by atoms with Gasteiger partial charge in [0.15, 0.2) is 0 Å². The summed E-state index contributed by atoms with van der Waals surface area (Å²) in [4.78, 5) is 40.0. The van der Waals surface area contributed by atoms with E-state index in [2.05, 4.69) is 10.6 Å². The molecular formula is C30H27N3O3. The van der Waals surface area contributed by atoms with Crippen LogP contribution in [0.4, 0.5) is 4.79 Å². The van der Waals surface area contributed by atoms with Crippen molar-refractivity contribution in [2.45, 2.75) is 25.4 Å². The number of hydrogen-bond acceptors (Lipinski definition) is 3. The Labute approximate surface area is 209 Å². The summed E-state index contributed by atoms with van der Waals surface area (Å²) in [5.74, 6) is -0.848. The molecule has 0 spiro atoms. The molecule has 0 radical (unpaired) electrons.